The Balaban J connectivity index is 2.07. The van der Waals surface area contributed by atoms with Crippen molar-refractivity contribution in [2.75, 3.05) is 6.54 Å². The minimum Gasteiger partial charge on any atom is -0.437 e. The molecule has 0 spiro atoms. The molecule has 0 radical (unpaired) electrons. The predicted molar refractivity (Wildman–Crippen MR) is 66.3 cm³/mol. The molecule has 2 aromatic rings. The third-order valence-corrected chi connectivity index (χ3v) is 2.24. The van der Waals surface area contributed by atoms with Gasteiger partial charge < -0.3 is 9.73 Å². The molecule has 1 aromatic heterocycles. The third kappa shape index (κ3) is 2.93. The second-order valence-electron chi connectivity index (χ2n) is 3.64. The van der Waals surface area contributed by atoms with E-state index >= 15 is 0 Å². The summed E-state index contributed by atoms with van der Waals surface area (Å²) in [7, 11) is 0. The van der Waals surface area contributed by atoms with Crippen LogP contribution in [0.3, 0.4) is 0 Å². The summed E-state index contributed by atoms with van der Waals surface area (Å²) in [6, 6.07) is 7.49. The molecular formula is C13H14N2O2. The van der Waals surface area contributed by atoms with Crippen molar-refractivity contribution >= 4 is 23.1 Å². The Kier molecular flexibility index (Phi) is 3.55. The van der Waals surface area contributed by atoms with Crippen LogP contribution in [0.15, 0.2) is 34.8 Å². The summed E-state index contributed by atoms with van der Waals surface area (Å²) < 4.78 is 5.44. The number of hydrogen-bond donors (Lipinski definition) is 1. The van der Waals surface area contributed by atoms with Gasteiger partial charge in [-0.05, 0) is 18.6 Å². The average Bonchev–Trinajstić information content (AvgIpc) is 2.76. The first-order valence-electron chi connectivity index (χ1n) is 5.61. The van der Waals surface area contributed by atoms with Gasteiger partial charge in [0.2, 0.25) is 11.8 Å². The van der Waals surface area contributed by atoms with Gasteiger partial charge in [0.25, 0.3) is 0 Å². The molecular weight excluding hydrogens is 216 g/mol. The molecule has 1 amide bonds. The Hall–Kier alpha value is -2.10. The van der Waals surface area contributed by atoms with Crippen LogP contribution in [-0.4, -0.2) is 17.4 Å². The van der Waals surface area contributed by atoms with Gasteiger partial charge in [0, 0.05) is 18.7 Å². The number of para-hydroxylation sites is 2. The van der Waals surface area contributed by atoms with E-state index in [9.17, 15) is 4.79 Å². The smallest absolute Gasteiger partial charge is 0.244 e. The highest BCUT2D eigenvalue weighted by Crippen LogP contribution is 2.15. The molecule has 88 valence electrons. The van der Waals surface area contributed by atoms with Crippen LogP contribution in [-0.2, 0) is 4.79 Å². The Morgan fingerprint density at radius 2 is 2.29 bits per heavy atom. The van der Waals surface area contributed by atoms with E-state index in [1.807, 2.05) is 31.2 Å². The van der Waals surface area contributed by atoms with Crippen molar-refractivity contribution < 1.29 is 9.21 Å². The number of nitrogens with one attached hydrogen (secondary N) is 1. The van der Waals surface area contributed by atoms with Crippen LogP contribution in [0.1, 0.15) is 19.2 Å². The third-order valence-electron chi connectivity index (χ3n) is 2.24. The second kappa shape index (κ2) is 5.30. The molecule has 0 bridgehead atoms. The summed E-state index contributed by atoms with van der Waals surface area (Å²) in [6.07, 6.45) is 3.92. The van der Waals surface area contributed by atoms with E-state index in [2.05, 4.69) is 10.3 Å². The molecule has 1 N–H and O–H groups in total. The summed E-state index contributed by atoms with van der Waals surface area (Å²) in [4.78, 5) is 15.6. The highest BCUT2D eigenvalue weighted by molar-refractivity contribution is 5.91. The van der Waals surface area contributed by atoms with Gasteiger partial charge in [0.05, 0.1) is 0 Å². The zero-order valence-electron chi connectivity index (χ0n) is 9.64. The summed E-state index contributed by atoms with van der Waals surface area (Å²) in [5, 5.41) is 2.74. The number of oxazole rings is 1. The van der Waals surface area contributed by atoms with Crippen molar-refractivity contribution in [3.63, 3.8) is 0 Å². The predicted octanol–water partition coefficient (Wildman–Crippen LogP) is 2.37. The van der Waals surface area contributed by atoms with Crippen LogP contribution in [0.25, 0.3) is 17.2 Å². The monoisotopic (exact) mass is 230 g/mol. The van der Waals surface area contributed by atoms with E-state index in [1.165, 1.54) is 6.08 Å². The Morgan fingerprint density at radius 3 is 3.06 bits per heavy atom. The number of carbonyl (C=O) groups is 1. The number of carbonyl (C=O) groups excluding carboxylic acids is 1. The summed E-state index contributed by atoms with van der Waals surface area (Å²) >= 11 is 0. The molecule has 0 aliphatic carbocycles. The number of nitrogens with zero attached hydrogens (tertiary/aromatic N) is 1. The van der Waals surface area contributed by atoms with Gasteiger partial charge in [0.15, 0.2) is 5.58 Å². The molecule has 1 heterocycles. The van der Waals surface area contributed by atoms with E-state index in [0.717, 1.165) is 17.5 Å². The molecule has 2 rings (SSSR count). The Morgan fingerprint density at radius 1 is 1.47 bits per heavy atom. The second-order valence-corrected chi connectivity index (χ2v) is 3.64. The number of amides is 1. The summed E-state index contributed by atoms with van der Waals surface area (Å²) in [5.41, 5.74) is 1.52. The molecule has 0 aliphatic heterocycles. The molecule has 17 heavy (non-hydrogen) atoms. The van der Waals surface area contributed by atoms with Gasteiger partial charge in [0.1, 0.15) is 5.52 Å². The zero-order valence-corrected chi connectivity index (χ0v) is 9.64. The molecule has 0 saturated heterocycles. The first-order valence-corrected chi connectivity index (χ1v) is 5.61. The zero-order chi connectivity index (χ0) is 12.1. The number of benzene rings is 1. The maximum atomic E-state index is 11.3. The largest absolute Gasteiger partial charge is 0.437 e. The van der Waals surface area contributed by atoms with E-state index in [1.54, 1.807) is 6.08 Å². The fourth-order valence-corrected chi connectivity index (χ4v) is 1.42. The average molecular weight is 230 g/mol. The van der Waals surface area contributed by atoms with Crippen LogP contribution in [0.4, 0.5) is 0 Å². The lowest BCUT2D eigenvalue weighted by molar-refractivity contribution is -0.116. The van der Waals surface area contributed by atoms with E-state index in [0.29, 0.717) is 12.4 Å². The quantitative estimate of drug-likeness (QED) is 0.820. The topological polar surface area (TPSA) is 55.1 Å². The number of aromatic nitrogens is 1. The minimum absolute atomic E-state index is 0.130. The maximum absolute atomic E-state index is 11.3. The number of hydrogen-bond acceptors (Lipinski definition) is 3. The van der Waals surface area contributed by atoms with Crippen LogP contribution < -0.4 is 5.32 Å². The molecule has 4 heteroatoms. The molecule has 4 nitrogen and oxygen atoms in total. The maximum Gasteiger partial charge on any atom is 0.244 e. The van der Waals surface area contributed by atoms with Gasteiger partial charge in [-0.3, -0.25) is 4.79 Å². The van der Waals surface area contributed by atoms with Gasteiger partial charge in [-0.1, -0.05) is 19.1 Å². The SMILES string of the molecule is CCCNC(=O)/C=C/c1nc2ccccc2o1. The van der Waals surface area contributed by atoms with Gasteiger partial charge >= 0.3 is 0 Å². The molecule has 0 atom stereocenters. The van der Waals surface area contributed by atoms with E-state index in [-0.39, 0.29) is 5.91 Å². The summed E-state index contributed by atoms with van der Waals surface area (Å²) in [6.45, 7) is 2.68. The summed E-state index contributed by atoms with van der Waals surface area (Å²) in [5.74, 6) is 0.312. The normalized spacial score (nSPS) is 11.1. The molecule has 1 aromatic carbocycles. The molecule has 0 aliphatic rings. The lowest BCUT2D eigenvalue weighted by Gasteiger charge is -1.95. The van der Waals surface area contributed by atoms with Gasteiger partial charge in [-0.15, -0.1) is 0 Å². The van der Waals surface area contributed by atoms with Crippen molar-refractivity contribution in [2.45, 2.75) is 13.3 Å². The first kappa shape index (κ1) is 11.4. The Labute approximate surface area is 99.3 Å². The lowest BCUT2D eigenvalue weighted by atomic mass is 10.3. The standard InChI is InChI=1S/C13H14N2O2/c1-2-9-14-12(16)7-8-13-15-10-5-3-4-6-11(10)17-13/h3-8H,2,9H2,1H3,(H,14,16)/b8-7+. The van der Waals surface area contributed by atoms with Gasteiger partial charge in [-0.2, -0.15) is 0 Å². The highest BCUT2D eigenvalue weighted by Gasteiger charge is 2.01. The number of rotatable bonds is 4. The van der Waals surface area contributed by atoms with Crippen LogP contribution >= 0.6 is 0 Å². The number of fused-ring (bicyclic) bond motifs is 1. The molecule has 0 unspecified atom stereocenters. The van der Waals surface area contributed by atoms with Crippen LogP contribution in [0.5, 0.6) is 0 Å². The first-order chi connectivity index (χ1) is 8.29. The van der Waals surface area contributed by atoms with Crippen molar-refractivity contribution in [1.82, 2.24) is 10.3 Å². The molecule has 0 saturated carbocycles. The fraction of sp³-hybridized carbons (Fsp3) is 0.231. The fourth-order valence-electron chi connectivity index (χ4n) is 1.42. The minimum atomic E-state index is -0.130. The highest BCUT2D eigenvalue weighted by atomic mass is 16.3. The van der Waals surface area contributed by atoms with E-state index in [4.69, 9.17) is 4.42 Å². The van der Waals surface area contributed by atoms with Crippen molar-refractivity contribution in [3.8, 4) is 0 Å². The van der Waals surface area contributed by atoms with E-state index < -0.39 is 0 Å². The van der Waals surface area contributed by atoms with Crippen molar-refractivity contribution in [1.29, 1.82) is 0 Å². The van der Waals surface area contributed by atoms with Crippen molar-refractivity contribution in [2.24, 2.45) is 0 Å². The lowest BCUT2D eigenvalue weighted by Crippen LogP contribution is -2.21. The molecule has 0 fully saturated rings. The van der Waals surface area contributed by atoms with Gasteiger partial charge in [-0.25, -0.2) is 4.98 Å². The van der Waals surface area contributed by atoms with Crippen LogP contribution in [0.2, 0.25) is 0 Å². The van der Waals surface area contributed by atoms with Crippen molar-refractivity contribution in [3.05, 3.63) is 36.2 Å². The van der Waals surface area contributed by atoms with Crippen LogP contribution in [0, 0.1) is 0 Å². The Bertz CT molecular complexity index is 510.